The molecule has 8 heteroatoms. The van der Waals surface area contributed by atoms with Crippen LogP contribution in [0.2, 0.25) is 0 Å². The molecule has 166 valence electrons. The number of ether oxygens (including phenoxy) is 1. The lowest BCUT2D eigenvalue weighted by molar-refractivity contribution is 0.0777. The first kappa shape index (κ1) is 22.1. The first-order chi connectivity index (χ1) is 16.0. The Morgan fingerprint density at radius 3 is 2.91 bits per heavy atom. The topological polar surface area (TPSA) is 91.5 Å². The molecule has 3 heterocycles. The Labute approximate surface area is 191 Å². The average molecular weight is 443 g/mol. The Kier molecular flexibility index (Phi) is 6.41. The number of amides is 1. The van der Waals surface area contributed by atoms with Gasteiger partial charge in [-0.25, -0.2) is 9.37 Å². The predicted molar refractivity (Wildman–Crippen MR) is 122 cm³/mol. The van der Waals surface area contributed by atoms with Gasteiger partial charge in [0.1, 0.15) is 12.4 Å². The van der Waals surface area contributed by atoms with Crippen molar-refractivity contribution in [2.24, 2.45) is 4.99 Å². The van der Waals surface area contributed by atoms with Crippen molar-refractivity contribution in [3.8, 4) is 23.1 Å². The molecular formula is C25H22FN5O2. The lowest BCUT2D eigenvalue weighted by Gasteiger charge is -2.20. The molecule has 33 heavy (non-hydrogen) atoms. The number of carbonyl (C=O) groups is 1. The maximum Gasteiger partial charge on any atom is 0.272 e. The molecule has 3 aromatic rings. The summed E-state index contributed by atoms with van der Waals surface area (Å²) in [5.41, 5.74) is 5.04. The lowest BCUT2D eigenvalue weighted by atomic mass is 10.0. The molecule has 1 aromatic carbocycles. The summed E-state index contributed by atoms with van der Waals surface area (Å²) in [7, 11) is 1.68. The van der Waals surface area contributed by atoms with E-state index >= 15 is 0 Å². The molecule has 0 atom stereocenters. The quantitative estimate of drug-likeness (QED) is 0.549. The molecule has 4 rings (SSSR count). The minimum Gasteiger partial charge on any atom is -0.478 e. The summed E-state index contributed by atoms with van der Waals surface area (Å²) in [5.74, 6) is 0.0469. The fourth-order valence-electron chi connectivity index (χ4n) is 3.77. The second kappa shape index (κ2) is 9.57. The monoisotopic (exact) mass is 443 g/mol. The number of nitrogens with zero attached hydrogens (tertiary/aromatic N) is 5. The lowest BCUT2D eigenvalue weighted by Crippen LogP contribution is -2.28. The molecule has 0 saturated heterocycles. The Morgan fingerprint density at radius 2 is 2.15 bits per heavy atom. The molecule has 1 amide bonds. The Bertz CT molecular complexity index is 1280. The number of aromatic nitrogens is 2. The maximum atomic E-state index is 13.2. The largest absolute Gasteiger partial charge is 0.478 e. The molecule has 0 fully saturated rings. The number of pyridine rings is 2. The van der Waals surface area contributed by atoms with E-state index in [-0.39, 0.29) is 11.6 Å². The minimum absolute atomic E-state index is 0.238. The highest BCUT2D eigenvalue weighted by Crippen LogP contribution is 2.30. The van der Waals surface area contributed by atoms with Crippen LogP contribution in [0.25, 0.3) is 11.1 Å². The molecule has 0 unspecified atom stereocenters. The number of hydrogen-bond donors (Lipinski definition) is 0. The summed E-state index contributed by atoms with van der Waals surface area (Å²) < 4.78 is 18.9. The van der Waals surface area contributed by atoms with Gasteiger partial charge in [0.15, 0.2) is 0 Å². The first-order valence-electron chi connectivity index (χ1n) is 10.5. The van der Waals surface area contributed by atoms with Gasteiger partial charge in [-0.2, -0.15) is 5.26 Å². The number of fused-ring (bicyclic) bond motifs is 1. The molecule has 2 aromatic heterocycles. The second-order valence-electron chi connectivity index (χ2n) is 7.56. The van der Waals surface area contributed by atoms with E-state index in [0.29, 0.717) is 48.0 Å². The van der Waals surface area contributed by atoms with E-state index in [1.54, 1.807) is 54.7 Å². The van der Waals surface area contributed by atoms with Crippen molar-refractivity contribution in [3.05, 3.63) is 76.2 Å². The average Bonchev–Trinajstić information content (AvgIpc) is 3.34. The van der Waals surface area contributed by atoms with Crippen LogP contribution in [-0.2, 0) is 19.8 Å². The fraction of sp³-hybridized carbons (Fsp3) is 0.240. The number of aliphatic imine (C=N–C) groups is 1. The van der Waals surface area contributed by atoms with E-state index in [1.807, 2.05) is 13.0 Å². The van der Waals surface area contributed by atoms with Crippen LogP contribution in [-0.4, -0.2) is 40.6 Å². The predicted octanol–water partition coefficient (Wildman–Crippen LogP) is 4.09. The van der Waals surface area contributed by atoms with Crippen LogP contribution in [0.5, 0.6) is 5.88 Å². The maximum absolute atomic E-state index is 13.2. The first-order valence-corrected chi connectivity index (χ1v) is 10.5. The molecule has 7 nitrogen and oxygen atoms in total. The zero-order valence-electron chi connectivity index (χ0n) is 18.4. The van der Waals surface area contributed by atoms with Crippen LogP contribution in [0.15, 0.2) is 47.6 Å². The van der Waals surface area contributed by atoms with Gasteiger partial charge in [0.2, 0.25) is 5.88 Å². The smallest absolute Gasteiger partial charge is 0.272 e. The normalized spacial score (nSPS) is 11.7. The van der Waals surface area contributed by atoms with Crippen molar-refractivity contribution in [3.63, 3.8) is 0 Å². The van der Waals surface area contributed by atoms with E-state index in [1.165, 1.54) is 0 Å². The SMILES string of the molecule is CCOc1nc(C(=O)N(C)Cc2cnc(CF)c3c2CN=C3)ccc1-c1cccc(C#N)c1. The van der Waals surface area contributed by atoms with Crippen LogP contribution in [0.1, 0.15) is 45.4 Å². The van der Waals surface area contributed by atoms with Crippen molar-refractivity contribution < 1.29 is 13.9 Å². The van der Waals surface area contributed by atoms with Crippen molar-refractivity contribution >= 4 is 12.1 Å². The second-order valence-corrected chi connectivity index (χ2v) is 7.56. The molecular weight excluding hydrogens is 421 g/mol. The number of hydrogen-bond acceptors (Lipinski definition) is 6. The fourth-order valence-corrected chi connectivity index (χ4v) is 3.77. The van der Waals surface area contributed by atoms with E-state index in [4.69, 9.17) is 4.74 Å². The summed E-state index contributed by atoms with van der Waals surface area (Å²) in [6, 6.07) is 12.7. The summed E-state index contributed by atoms with van der Waals surface area (Å²) in [6.07, 6.45) is 3.25. The van der Waals surface area contributed by atoms with Crippen LogP contribution in [0, 0.1) is 11.3 Å². The van der Waals surface area contributed by atoms with Crippen LogP contribution in [0.3, 0.4) is 0 Å². The van der Waals surface area contributed by atoms with Gasteiger partial charge in [-0.15, -0.1) is 0 Å². The van der Waals surface area contributed by atoms with Gasteiger partial charge in [-0.05, 0) is 47.9 Å². The van der Waals surface area contributed by atoms with Crippen molar-refractivity contribution in [1.82, 2.24) is 14.9 Å². The number of carbonyl (C=O) groups excluding carboxylic acids is 1. The summed E-state index contributed by atoms with van der Waals surface area (Å²) in [4.78, 5) is 27.6. The molecule has 0 aliphatic carbocycles. The standard InChI is InChI=1S/C25H22FN5O2/c1-3-33-24-19(17-6-4-5-16(9-17)11-27)7-8-22(30-24)25(32)31(2)15-18-12-29-23(10-26)21-14-28-13-20(18)21/h4-9,12,14H,3,10,13,15H2,1-2H3. The molecule has 0 N–H and O–H groups in total. The minimum atomic E-state index is -0.656. The third-order valence-electron chi connectivity index (χ3n) is 5.41. The molecule has 0 bridgehead atoms. The number of nitriles is 1. The molecule has 0 spiro atoms. The van der Waals surface area contributed by atoms with Gasteiger partial charge in [0.05, 0.1) is 30.5 Å². The third kappa shape index (κ3) is 4.44. The van der Waals surface area contributed by atoms with Crippen LogP contribution in [0.4, 0.5) is 4.39 Å². The zero-order valence-corrected chi connectivity index (χ0v) is 18.4. The highest BCUT2D eigenvalue weighted by atomic mass is 19.1. The van der Waals surface area contributed by atoms with E-state index in [9.17, 15) is 14.4 Å². The summed E-state index contributed by atoms with van der Waals surface area (Å²) in [6.45, 7) is 2.31. The van der Waals surface area contributed by atoms with Gasteiger partial charge in [0, 0.05) is 37.1 Å². The Hall–Kier alpha value is -4.12. The highest BCUT2D eigenvalue weighted by molar-refractivity contribution is 5.93. The number of alkyl halides is 1. The molecule has 0 radical (unpaired) electrons. The third-order valence-corrected chi connectivity index (χ3v) is 5.41. The van der Waals surface area contributed by atoms with Crippen LogP contribution >= 0.6 is 0 Å². The van der Waals surface area contributed by atoms with Gasteiger partial charge in [-0.3, -0.25) is 14.8 Å². The number of rotatable bonds is 7. The van der Waals surface area contributed by atoms with E-state index < -0.39 is 6.67 Å². The highest BCUT2D eigenvalue weighted by Gasteiger charge is 2.21. The zero-order chi connectivity index (χ0) is 23.4. The Balaban J connectivity index is 1.60. The van der Waals surface area contributed by atoms with E-state index in [2.05, 4.69) is 21.0 Å². The van der Waals surface area contributed by atoms with Crippen molar-refractivity contribution in [1.29, 1.82) is 5.26 Å². The number of halogens is 1. The molecule has 1 aliphatic rings. The van der Waals surface area contributed by atoms with Crippen molar-refractivity contribution in [2.75, 3.05) is 13.7 Å². The van der Waals surface area contributed by atoms with Gasteiger partial charge in [-0.1, -0.05) is 12.1 Å². The number of benzene rings is 1. The van der Waals surface area contributed by atoms with Gasteiger partial charge < -0.3 is 9.64 Å². The summed E-state index contributed by atoms with van der Waals surface area (Å²) >= 11 is 0. The summed E-state index contributed by atoms with van der Waals surface area (Å²) in [5, 5.41) is 9.19. The van der Waals surface area contributed by atoms with Crippen LogP contribution < -0.4 is 4.74 Å². The Morgan fingerprint density at radius 1 is 1.30 bits per heavy atom. The van der Waals surface area contributed by atoms with Gasteiger partial charge >= 0.3 is 0 Å². The van der Waals surface area contributed by atoms with Crippen molar-refractivity contribution in [2.45, 2.75) is 26.7 Å². The molecule has 1 aliphatic heterocycles. The molecule has 0 saturated carbocycles. The van der Waals surface area contributed by atoms with E-state index in [0.717, 1.165) is 16.7 Å². The van der Waals surface area contributed by atoms with Gasteiger partial charge in [0.25, 0.3) is 5.91 Å².